The van der Waals surface area contributed by atoms with Crippen molar-refractivity contribution >= 4 is 17.5 Å². The number of hydrogen-bond donors (Lipinski definition) is 1. The molecule has 2 rings (SSSR count). The van der Waals surface area contributed by atoms with Crippen molar-refractivity contribution in [2.24, 2.45) is 5.92 Å². The van der Waals surface area contributed by atoms with Crippen LogP contribution in [-0.2, 0) is 0 Å². The molecule has 1 fully saturated rings. The summed E-state index contributed by atoms with van der Waals surface area (Å²) >= 11 is 5.99. The highest BCUT2D eigenvalue weighted by Crippen LogP contribution is 2.28. The minimum Gasteiger partial charge on any atom is -0.459 e. The first-order valence-electron chi connectivity index (χ1n) is 5.21. The number of alkyl halides is 1. The maximum absolute atomic E-state index is 11.5. The molecule has 0 spiro atoms. The number of rotatable bonds is 3. The molecule has 2 atom stereocenters. The molecule has 15 heavy (non-hydrogen) atoms. The Kier molecular flexibility index (Phi) is 3.31. The monoisotopic (exact) mass is 227 g/mol. The van der Waals surface area contributed by atoms with Gasteiger partial charge in [0.2, 0.25) is 0 Å². The van der Waals surface area contributed by atoms with Gasteiger partial charge in [-0.1, -0.05) is 0 Å². The molecule has 1 heterocycles. The molecular weight excluding hydrogens is 214 g/mol. The topological polar surface area (TPSA) is 42.2 Å². The third-order valence-electron chi connectivity index (χ3n) is 2.77. The lowest BCUT2D eigenvalue weighted by Crippen LogP contribution is -2.28. The summed E-state index contributed by atoms with van der Waals surface area (Å²) in [6.07, 6.45) is 4.66. The zero-order chi connectivity index (χ0) is 10.7. The normalized spacial score (nSPS) is 25.4. The van der Waals surface area contributed by atoms with E-state index in [2.05, 4.69) is 5.32 Å². The molecule has 3 nitrogen and oxygen atoms in total. The average Bonchev–Trinajstić information content (AvgIpc) is 2.84. The van der Waals surface area contributed by atoms with Gasteiger partial charge < -0.3 is 9.73 Å². The van der Waals surface area contributed by atoms with Gasteiger partial charge in [0.15, 0.2) is 5.76 Å². The lowest BCUT2D eigenvalue weighted by molar-refractivity contribution is 0.0919. The number of halogens is 1. The van der Waals surface area contributed by atoms with Gasteiger partial charge in [-0.15, -0.1) is 11.6 Å². The van der Waals surface area contributed by atoms with E-state index in [9.17, 15) is 4.79 Å². The maximum Gasteiger partial charge on any atom is 0.286 e. The molecule has 0 saturated heterocycles. The molecule has 1 saturated carbocycles. The molecule has 0 radical (unpaired) electrons. The van der Waals surface area contributed by atoms with Crippen LogP contribution >= 0.6 is 11.6 Å². The van der Waals surface area contributed by atoms with E-state index < -0.39 is 0 Å². The van der Waals surface area contributed by atoms with Crippen molar-refractivity contribution in [2.45, 2.75) is 24.6 Å². The van der Waals surface area contributed by atoms with Gasteiger partial charge in [0.25, 0.3) is 5.91 Å². The fourth-order valence-electron chi connectivity index (χ4n) is 1.93. The van der Waals surface area contributed by atoms with Crippen LogP contribution in [0.1, 0.15) is 29.8 Å². The van der Waals surface area contributed by atoms with E-state index >= 15 is 0 Å². The van der Waals surface area contributed by atoms with Crippen molar-refractivity contribution in [2.75, 3.05) is 6.54 Å². The SMILES string of the molecule is O=C(NCC1CCC(Cl)C1)c1ccco1. The number of carbonyl (C=O) groups excluding carboxylic acids is 1. The molecule has 0 aromatic carbocycles. The Morgan fingerprint density at radius 3 is 3.07 bits per heavy atom. The van der Waals surface area contributed by atoms with E-state index in [0.717, 1.165) is 19.3 Å². The number of amides is 1. The highest BCUT2D eigenvalue weighted by atomic mass is 35.5. The molecule has 1 N–H and O–H groups in total. The Morgan fingerprint density at radius 1 is 1.60 bits per heavy atom. The van der Waals surface area contributed by atoms with Crippen LogP contribution in [0.15, 0.2) is 22.8 Å². The van der Waals surface area contributed by atoms with E-state index in [0.29, 0.717) is 18.2 Å². The van der Waals surface area contributed by atoms with Crippen molar-refractivity contribution in [1.29, 1.82) is 0 Å². The molecule has 1 aromatic rings. The fraction of sp³-hybridized carbons (Fsp3) is 0.545. The van der Waals surface area contributed by atoms with Crippen molar-refractivity contribution in [3.8, 4) is 0 Å². The van der Waals surface area contributed by atoms with Gasteiger partial charge in [-0.25, -0.2) is 0 Å². The zero-order valence-corrected chi connectivity index (χ0v) is 9.17. The standard InChI is InChI=1S/C11H14ClNO2/c12-9-4-3-8(6-9)7-13-11(14)10-2-1-5-15-10/h1-2,5,8-9H,3-4,6-7H2,(H,13,14). The van der Waals surface area contributed by atoms with Crippen LogP contribution in [0.4, 0.5) is 0 Å². The van der Waals surface area contributed by atoms with Gasteiger partial charge in [0.05, 0.1) is 6.26 Å². The van der Waals surface area contributed by atoms with Gasteiger partial charge in [0, 0.05) is 11.9 Å². The van der Waals surface area contributed by atoms with Crippen LogP contribution in [0.2, 0.25) is 0 Å². The van der Waals surface area contributed by atoms with Gasteiger partial charge in [0.1, 0.15) is 0 Å². The first-order chi connectivity index (χ1) is 7.25. The summed E-state index contributed by atoms with van der Waals surface area (Å²) in [5.74, 6) is 0.750. The smallest absolute Gasteiger partial charge is 0.286 e. The maximum atomic E-state index is 11.5. The second-order valence-corrected chi connectivity index (χ2v) is 4.58. The van der Waals surface area contributed by atoms with Crippen LogP contribution in [0.25, 0.3) is 0 Å². The molecular formula is C11H14ClNO2. The van der Waals surface area contributed by atoms with Gasteiger partial charge in [-0.2, -0.15) is 0 Å². The number of furan rings is 1. The largest absolute Gasteiger partial charge is 0.459 e. The highest BCUT2D eigenvalue weighted by Gasteiger charge is 2.23. The number of nitrogens with one attached hydrogen (secondary N) is 1. The minimum atomic E-state index is -0.141. The van der Waals surface area contributed by atoms with E-state index in [1.54, 1.807) is 12.1 Å². The summed E-state index contributed by atoms with van der Waals surface area (Å²) in [7, 11) is 0. The Hall–Kier alpha value is -0.960. The molecule has 0 bridgehead atoms. The lowest BCUT2D eigenvalue weighted by atomic mass is 10.1. The third-order valence-corrected chi connectivity index (χ3v) is 3.17. The summed E-state index contributed by atoms with van der Waals surface area (Å²) in [6, 6.07) is 3.37. The quantitative estimate of drug-likeness (QED) is 0.806. The van der Waals surface area contributed by atoms with Crippen LogP contribution in [0.5, 0.6) is 0 Å². The molecule has 0 aliphatic heterocycles. The number of hydrogen-bond acceptors (Lipinski definition) is 2. The van der Waals surface area contributed by atoms with Crippen LogP contribution in [-0.4, -0.2) is 17.8 Å². The molecule has 4 heteroatoms. The van der Waals surface area contributed by atoms with Crippen LogP contribution in [0.3, 0.4) is 0 Å². The Labute approximate surface area is 93.8 Å². The lowest BCUT2D eigenvalue weighted by Gasteiger charge is -2.09. The molecule has 1 aromatic heterocycles. The predicted molar refractivity (Wildman–Crippen MR) is 58.0 cm³/mol. The minimum absolute atomic E-state index is 0.141. The number of carbonyl (C=O) groups is 1. The Balaban J connectivity index is 1.76. The van der Waals surface area contributed by atoms with Crippen molar-refractivity contribution < 1.29 is 9.21 Å². The first kappa shape index (κ1) is 10.6. The summed E-state index contributed by atoms with van der Waals surface area (Å²) < 4.78 is 4.99. The molecule has 1 amide bonds. The van der Waals surface area contributed by atoms with E-state index in [-0.39, 0.29) is 11.3 Å². The molecule has 2 unspecified atom stereocenters. The summed E-state index contributed by atoms with van der Waals surface area (Å²) in [5, 5.41) is 3.14. The van der Waals surface area contributed by atoms with Crippen LogP contribution < -0.4 is 5.32 Å². The Bertz CT molecular complexity index is 323. The molecule has 1 aliphatic carbocycles. The van der Waals surface area contributed by atoms with Gasteiger partial charge >= 0.3 is 0 Å². The van der Waals surface area contributed by atoms with E-state index in [1.807, 2.05) is 0 Å². The first-order valence-corrected chi connectivity index (χ1v) is 5.65. The van der Waals surface area contributed by atoms with Crippen molar-refractivity contribution in [1.82, 2.24) is 5.32 Å². The van der Waals surface area contributed by atoms with Gasteiger partial charge in [-0.05, 0) is 37.3 Å². The predicted octanol–water partition coefficient (Wildman–Crippen LogP) is 2.42. The van der Waals surface area contributed by atoms with E-state index in [1.165, 1.54) is 6.26 Å². The third kappa shape index (κ3) is 2.75. The summed E-state index contributed by atoms with van der Waals surface area (Å²) in [6.45, 7) is 0.697. The molecule has 1 aliphatic rings. The van der Waals surface area contributed by atoms with Crippen molar-refractivity contribution in [3.63, 3.8) is 0 Å². The second kappa shape index (κ2) is 4.71. The van der Waals surface area contributed by atoms with Gasteiger partial charge in [-0.3, -0.25) is 4.79 Å². The summed E-state index contributed by atoms with van der Waals surface area (Å²) in [5.41, 5.74) is 0. The van der Waals surface area contributed by atoms with Crippen LogP contribution in [0, 0.1) is 5.92 Å². The van der Waals surface area contributed by atoms with E-state index in [4.69, 9.17) is 16.0 Å². The zero-order valence-electron chi connectivity index (χ0n) is 8.41. The fourth-order valence-corrected chi connectivity index (χ4v) is 2.31. The second-order valence-electron chi connectivity index (χ2n) is 3.96. The summed E-state index contributed by atoms with van der Waals surface area (Å²) in [4.78, 5) is 11.5. The Morgan fingerprint density at radius 2 is 2.47 bits per heavy atom. The van der Waals surface area contributed by atoms with Crippen molar-refractivity contribution in [3.05, 3.63) is 24.2 Å². The highest BCUT2D eigenvalue weighted by molar-refractivity contribution is 6.20. The molecule has 82 valence electrons. The average molecular weight is 228 g/mol.